The van der Waals surface area contributed by atoms with E-state index in [1.165, 1.54) is 6.07 Å². The topological polar surface area (TPSA) is 84.7 Å². The summed E-state index contributed by atoms with van der Waals surface area (Å²) in [7, 11) is 0. The summed E-state index contributed by atoms with van der Waals surface area (Å²) in [5, 5.41) is 11.8. The third-order valence-corrected chi connectivity index (χ3v) is 7.69. The first-order valence-electron chi connectivity index (χ1n) is 12.0. The quantitative estimate of drug-likeness (QED) is 0.417. The second-order valence-corrected chi connectivity index (χ2v) is 9.72. The van der Waals surface area contributed by atoms with E-state index in [9.17, 15) is 23.5 Å². The molecule has 6 rings (SSSR count). The highest BCUT2D eigenvalue weighted by Crippen LogP contribution is 2.41. The maximum Gasteiger partial charge on any atom is 0.309 e. The third kappa shape index (κ3) is 3.72. The molecule has 0 bridgehead atoms. The average Bonchev–Trinajstić information content (AvgIpc) is 3.44. The molecule has 0 saturated carbocycles. The fourth-order valence-electron chi connectivity index (χ4n) is 5.70. The Kier molecular flexibility index (Phi) is 6.13. The smallest absolute Gasteiger partial charge is 0.309 e. The molecule has 0 amide bonds. The molecule has 1 fully saturated rings. The third-order valence-electron chi connectivity index (χ3n) is 7.69. The Balaban J connectivity index is 0.00000267. The number of esters is 1. The normalized spacial score (nSPS) is 20.9. The predicted octanol–water partition coefficient (Wildman–Crippen LogP) is 3.77. The van der Waals surface area contributed by atoms with Crippen molar-refractivity contribution in [3.8, 4) is 11.4 Å². The number of aliphatic hydroxyl groups is 1. The number of carbonyl (C=O) groups is 1. The highest BCUT2D eigenvalue weighted by atomic mass is 35.5. The lowest BCUT2D eigenvalue weighted by Gasteiger charge is -2.26. The molecule has 1 unspecified atom stereocenters. The molecule has 0 aliphatic carbocycles. The van der Waals surface area contributed by atoms with Crippen LogP contribution in [0.2, 0.25) is 0 Å². The molecule has 36 heavy (non-hydrogen) atoms. The molecular weight excluding hydrogens is 492 g/mol. The van der Waals surface area contributed by atoms with Crippen molar-refractivity contribution in [2.24, 2.45) is 0 Å². The highest BCUT2D eigenvalue weighted by Gasteiger charge is 2.40. The zero-order valence-corrected chi connectivity index (χ0v) is 20.6. The van der Waals surface area contributed by atoms with Crippen LogP contribution >= 0.6 is 12.4 Å². The Morgan fingerprint density at radius 3 is 2.56 bits per heavy atom. The Morgan fingerprint density at radius 2 is 1.83 bits per heavy atom. The number of likely N-dealkylation sites (tertiary alicyclic amines) is 1. The van der Waals surface area contributed by atoms with Crippen molar-refractivity contribution in [2.45, 2.75) is 57.9 Å². The second kappa shape index (κ2) is 8.90. The van der Waals surface area contributed by atoms with Crippen LogP contribution in [-0.2, 0) is 34.8 Å². The minimum atomic E-state index is -1.54. The Morgan fingerprint density at radius 1 is 1.11 bits per heavy atom. The van der Waals surface area contributed by atoms with Crippen LogP contribution in [0.3, 0.4) is 0 Å². The van der Waals surface area contributed by atoms with Gasteiger partial charge in [-0.15, -0.1) is 12.4 Å². The number of halogens is 3. The molecule has 10 heteroatoms. The average molecular weight is 518 g/mol. The maximum atomic E-state index is 14.3. The number of hydrogen-bond donors (Lipinski definition) is 1. The van der Waals surface area contributed by atoms with Gasteiger partial charge < -0.3 is 14.4 Å². The molecule has 7 nitrogen and oxygen atoms in total. The molecule has 3 aliphatic heterocycles. The van der Waals surface area contributed by atoms with Crippen LogP contribution in [0.1, 0.15) is 54.9 Å². The molecule has 1 saturated heterocycles. The Bertz CT molecular complexity index is 1470. The number of aromatic nitrogens is 2. The van der Waals surface area contributed by atoms with Crippen molar-refractivity contribution in [2.75, 3.05) is 13.1 Å². The number of nitrogens with zero attached hydrogens (tertiary/aromatic N) is 3. The number of rotatable bonds is 3. The second-order valence-electron chi connectivity index (χ2n) is 9.72. The van der Waals surface area contributed by atoms with E-state index in [1.54, 1.807) is 17.6 Å². The number of ether oxygens (including phenoxy) is 1. The van der Waals surface area contributed by atoms with Gasteiger partial charge in [-0.25, -0.2) is 13.8 Å². The van der Waals surface area contributed by atoms with Gasteiger partial charge in [0, 0.05) is 23.6 Å². The van der Waals surface area contributed by atoms with Crippen LogP contribution in [-0.4, -0.2) is 38.6 Å². The largest absolute Gasteiger partial charge is 0.460 e. The first-order valence-corrected chi connectivity index (χ1v) is 12.0. The monoisotopic (exact) mass is 517 g/mol. The zero-order chi connectivity index (χ0) is 24.5. The van der Waals surface area contributed by atoms with Crippen molar-refractivity contribution in [1.82, 2.24) is 14.5 Å². The van der Waals surface area contributed by atoms with Crippen molar-refractivity contribution in [3.05, 3.63) is 62.4 Å². The number of hydrogen-bond acceptors (Lipinski definition) is 6. The number of pyridine rings is 2. The lowest BCUT2D eigenvalue weighted by atomic mass is 9.85. The summed E-state index contributed by atoms with van der Waals surface area (Å²) in [6.45, 7) is 4.14. The lowest BCUT2D eigenvalue weighted by Crippen LogP contribution is -2.32. The van der Waals surface area contributed by atoms with Crippen molar-refractivity contribution in [1.29, 1.82) is 0 Å². The number of carbonyl (C=O) groups excluding carboxylic acids is 1. The molecule has 3 aromatic rings. The molecule has 5 heterocycles. The van der Waals surface area contributed by atoms with Crippen LogP contribution in [0.25, 0.3) is 22.3 Å². The van der Waals surface area contributed by atoms with E-state index in [2.05, 4.69) is 9.88 Å². The van der Waals surface area contributed by atoms with Gasteiger partial charge in [0.1, 0.15) is 12.2 Å². The van der Waals surface area contributed by atoms with Crippen LogP contribution in [0, 0.1) is 11.6 Å². The molecule has 0 radical (unpaired) electrons. The van der Waals surface area contributed by atoms with Crippen LogP contribution in [0.15, 0.2) is 23.0 Å². The molecule has 1 aromatic carbocycles. The first kappa shape index (κ1) is 24.8. The van der Waals surface area contributed by atoms with Crippen LogP contribution < -0.4 is 5.56 Å². The molecular formula is C26H26ClF2N3O4. The Hall–Kier alpha value is -2.88. The van der Waals surface area contributed by atoms with Gasteiger partial charge in [0.2, 0.25) is 0 Å². The van der Waals surface area contributed by atoms with Crippen molar-refractivity contribution >= 4 is 29.3 Å². The minimum absolute atomic E-state index is 0. The summed E-state index contributed by atoms with van der Waals surface area (Å²) in [6, 6.07) is 4.00. The van der Waals surface area contributed by atoms with E-state index in [0.717, 1.165) is 43.1 Å². The molecule has 1 atom stereocenters. The molecule has 3 aliphatic rings. The fraction of sp³-hybridized carbons (Fsp3) is 0.423. The van der Waals surface area contributed by atoms with E-state index in [4.69, 9.17) is 4.74 Å². The fourth-order valence-corrected chi connectivity index (χ4v) is 5.70. The standard InChI is InChI=1S/C26H25F2N3O4.ClH/c1-2-26(34)10-23(32)35-13-17-18(26)8-22-24-16(12-31(22)25(17)33)15(11-30-5-3-4-6-30)14-7-19(27)20(28)9-21(14)29-24;/h7-9,34H,2-6,10-13H2,1H3;1H. The van der Waals surface area contributed by atoms with Gasteiger partial charge >= 0.3 is 5.97 Å². The molecule has 2 aromatic heterocycles. The van der Waals surface area contributed by atoms with Gasteiger partial charge in [0.15, 0.2) is 11.6 Å². The SMILES string of the molecule is CCC1(O)CC(=O)OCc2c1cc1n(c2=O)Cc2c-1nc1cc(F)c(F)cc1c2CN1CCCC1.Cl. The molecule has 1 N–H and O–H groups in total. The summed E-state index contributed by atoms with van der Waals surface area (Å²) < 4.78 is 35.3. The minimum Gasteiger partial charge on any atom is -0.460 e. The van der Waals surface area contributed by atoms with E-state index >= 15 is 0 Å². The summed E-state index contributed by atoms with van der Waals surface area (Å²) in [5.74, 6) is -2.48. The van der Waals surface area contributed by atoms with Crippen LogP contribution in [0.5, 0.6) is 0 Å². The number of cyclic esters (lactones) is 1. The van der Waals surface area contributed by atoms with E-state index in [1.807, 2.05) is 0 Å². The summed E-state index contributed by atoms with van der Waals surface area (Å²) in [6.07, 6.45) is 2.13. The van der Waals surface area contributed by atoms with Crippen molar-refractivity contribution in [3.63, 3.8) is 0 Å². The van der Waals surface area contributed by atoms with E-state index in [-0.39, 0.29) is 49.5 Å². The van der Waals surface area contributed by atoms with E-state index < -0.39 is 23.2 Å². The van der Waals surface area contributed by atoms with Crippen LogP contribution in [0.4, 0.5) is 8.78 Å². The predicted molar refractivity (Wildman–Crippen MR) is 131 cm³/mol. The molecule has 0 spiro atoms. The summed E-state index contributed by atoms with van der Waals surface area (Å²) in [4.78, 5) is 32.7. The van der Waals surface area contributed by atoms with Gasteiger partial charge in [-0.1, -0.05) is 6.92 Å². The van der Waals surface area contributed by atoms with Gasteiger partial charge in [-0.3, -0.25) is 14.5 Å². The summed E-state index contributed by atoms with van der Waals surface area (Å²) >= 11 is 0. The first-order chi connectivity index (χ1) is 16.8. The van der Waals surface area contributed by atoms with Gasteiger partial charge in [-0.05, 0) is 55.6 Å². The van der Waals surface area contributed by atoms with Gasteiger partial charge in [-0.2, -0.15) is 0 Å². The lowest BCUT2D eigenvalue weighted by molar-refractivity contribution is -0.149. The summed E-state index contributed by atoms with van der Waals surface area (Å²) in [5.41, 5.74) is 1.69. The zero-order valence-electron chi connectivity index (χ0n) is 19.8. The van der Waals surface area contributed by atoms with E-state index in [0.29, 0.717) is 34.4 Å². The molecule has 190 valence electrons. The van der Waals surface area contributed by atoms with Gasteiger partial charge in [0.05, 0.1) is 35.4 Å². The number of benzene rings is 1. The number of fused-ring (bicyclic) bond motifs is 5. The Labute approximate surface area is 212 Å². The van der Waals surface area contributed by atoms with Crippen molar-refractivity contribution < 1.29 is 23.4 Å². The highest BCUT2D eigenvalue weighted by molar-refractivity contribution is 5.88. The van der Waals surface area contributed by atoms with Gasteiger partial charge in [0.25, 0.3) is 5.56 Å². The maximum absolute atomic E-state index is 14.3.